The van der Waals surface area contributed by atoms with Crippen molar-refractivity contribution in [2.24, 2.45) is 5.41 Å². The summed E-state index contributed by atoms with van der Waals surface area (Å²) in [6.07, 6.45) is 6.55. The van der Waals surface area contributed by atoms with E-state index < -0.39 is 0 Å². The molecule has 1 atom stereocenters. The van der Waals surface area contributed by atoms with Crippen LogP contribution in [0.1, 0.15) is 45.2 Å². The number of nitrogens with zero attached hydrogens (tertiary/aromatic N) is 1. The molecule has 2 rings (SSSR count). The number of aromatic nitrogens is 1. The van der Waals surface area contributed by atoms with Gasteiger partial charge >= 0.3 is 0 Å². The van der Waals surface area contributed by atoms with Gasteiger partial charge in [0.05, 0.1) is 11.2 Å². The maximum absolute atomic E-state index is 4.31. The van der Waals surface area contributed by atoms with Crippen LogP contribution in [0.4, 0.5) is 0 Å². The zero-order chi connectivity index (χ0) is 11.4. The van der Waals surface area contributed by atoms with Crippen LogP contribution in [0.3, 0.4) is 0 Å². The molecule has 16 heavy (non-hydrogen) atoms. The van der Waals surface area contributed by atoms with E-state index in [1.807, 2.05) is 5.51 Å². The average molecular weight is 238 g/mol. The first-order chi connectivity index (χ1) is 7.68. The van der Waals surface area contributed by atoms with Gasteiger partial charge in [-0.25, -0.2) is 4.98 Å². The minimum absolute atomic E-state index is 0.473. The molecule has 1 aliphatic rings. The highest BCUT2D eigenvalue weighted by molar-refractivity contribution is 7.07. The third-order valence-electron chi connectivity index (χ3n) is 3.76. The van der Waals surface area contributed by atoms with Gasteiger partial charge in [0.1, 0.15) is 0 Å². The molecule has 0 saturated heterocycles. The third-order valence-corrected chi connectivity index (χ3v) is 4.40. The quantitative estimate of drug-likeness (QED) is 0.871. The van der Waals surface area contributed by atoms with Gasteiger partial charge in [-0.3, -0.25) is 0 Å². The van der Waals surface area contributed by atoms with Crippen LogP contribution in [0, 0.1) is 5.41 Å². The van der Waals surface area contributed by atoms with Gasteiger partial charge in [0, 0.05) is 24.4 Å². The molecule has 0 aliphatic heterocycles. The summed E-state index contributed by atoms with van der Waals surface area (Å²) >= 11 is 1.69. The Hall–Kier alpha value is -0.410. The van der Waals surface area contributed by atoms with Crippen molar-refractivity contribution in [3.8, 4) is 0 Å². The molecule has 1 aliphatic carbocycles. The minimum atomic E-state index is 0.473. The second-order valence-electron chi connectivity index (χ2n) is 5.47. The molecule has 1 unspecified atom stereocenters. The summed E-state index contributed by atoms with van der Waals surface area (Å²) in [5, 5.41) is 5.86. The van der Waals surface area contributed by atoms with Gasteiger partial charge in [-0.05, 0) is 18.3 Å². The zero-order valence-corrected chi connectivity index (χ0v) is 11.1. The molecule has 1 saturated carbocycles. The van der Waals surface area contributed by atoms with E-state index in [-0.39, 0.29) is 0 Å². The Labute approximate surface area is 102 Å². The van der Waals surface area contributed by atoms with Crippen molar-refractivity contribution in [1.29, 1.82) is 0 Å². The molecular weight excluding hydrogens is 216 g/mol. The van der Waals surface area contributed by atoms with Crippen LogP contribution in [0.2, 0.25) is 0 Å². The van der Waals surface area contributed by atoms with Crippen molar-refractivity contribution < 1.29 is 0 Å². The van der Waals surface area contributed by atoms with Crippen molar-refractivity contribution in [2.45, 2.75) is 52.0 Å². The smallest absolute Gasteiger partial charge is 0.0794 e. The summed E-state index contributed by atoms with van der Waals surface area (Å²) in [6, 6.07) is 0.694. The molecule has 1 aromatic rings. The standard InChI is InChI=1S/C13H22N2S/c1-13(2)7-4-3-5-12(13)14-8-6-11-9-16-10-15-11/h9-10,12,14H,3-8H2,1-2H3. The van der Waals surface area contributed by atoms with Crippen molar-refractivity contribution >= 4 is 11.3 Å². The molecule has 0 radical (unpaired) electrons. The molecule has 1 fully saturated rings. The maximum atomic E-state index is 4.31. The first kappa shape index (κ1) is 12.1. The predicted molar refractivity (Wildman–Crippen MR) is 69.9 cm³/mol. The Balaban J connectivity index is 1.76. The fourth-order valence-corrected chi connectivity index (χ4v) is 3.20. The van der Waals surface area contributed by atoms with Crippen LogP contribution in [0.15, 0.2) is 10.9 Å². The van der Waals surface area contributed by atoms with Crippen molar-refractivity contribution in [2.75, 3.05) is 6.54 Å². The van der Waals surface area contributed by atoms with Crippen LogP contribution in [-0.2, 0) is 6.42 Å². The van der Waals surface area contributed by atoms with Gasteiger partial charge in [-0.2, -0.15) is 0 Å². The second kappa shape index (κ2) is 5.28. The summed E-state index contributed by atoms with van der Waals surface area (Å²) < 4.78 is 0. The average Bonchev–Trinajstić information content (AvgIpc) is 2.73. The molecule has 1 aromatic heterocycles. The van der Waals surface area contributed by atoms with Crippen LogP contribution in [0.25, 0.3) is 0 Å². The van der Waals surface area contributed by atoms with E-state index in [0.717, 1.165) is 13.0 Å². The summed E-state index contributed by atoms with van der Waals surface area (Å²) in [6.45, 7) is 5.86. The van der Waals surface area contributed by atoms with Gasteiger partial charge in [0.15, 0.2) is 0 Å². The van der Waals surface area contributed by atoms with Crippen molar-refractivity contribution in [1.82, 2.24) is 10.3 Å². The monoisotopic (exact) mass is 238 g/mol. The van der Waals surface area contributed by atoms with E-state index in [2.05, 4.69) is 29.5 Å². The zero-order valence-electron chi connectivity index (χ0n) is 10.3. The number of nitrogens with one attached hydrogen (secondary N) is 1. The van der Waals surface area contributed by atoms with E-state index in [4.69, 9.17) is 0 Å². The lowest BCUT2D eigenvalue weighted by Gasteiger charge is -2.39. The molecule has 0 aromatic carbocycles. The summed E-state index contributed by atoms with van der Waals surface area (Å²) in [5.74, 6) is 0. The minimum Gasteiger partial charge on any atom is -0.313 e. The topological polar surface area (TPSA) is 24.9 Å². The Morgan fingerprint density at radius 2 is 2.38 bits per heavy atom. The van der Waals surface area contributed by atoms with Gasteiger partial charge in [-0.15, -0.1) is 11.3 Å². The number of hydrogen-bond donors (Lipinski definition) is 1. The van der Waals surface area contributed by atoms with Gasteiger partial charge in [0.25, 0.3) is 0 Å². The lowest BCUT2D eigenvalue weighted by atomic mass is 9.73. The summed E-state index contributed by atoms with van der Waals surface area (Å²) in [4.78, 5) is 4.31. The molecule has 3 heteroatoms. The van der Waals surface area contributed by atoms with E-state index in [1.54, 1.807) is 11.3 Å². The number of rotatable bonds is 4. The van der Waals surface area contributed by atoms with Crippen LogP contribution in [0.5, 0.6) is 0 Å². The number of hydrogen-bond acceptors (Lipinski definition) is 3. The Morgan fingerprint density at radius 3 is 3.06 bits per heavy atom. The van der Waals surface area contributed by atoms with E-state index in [1.165, 1.54) is 31.4 Å². The molecule has 2 nitrogen and oxygen atoms in total. The fourth-order valence-electron chi connectivity index (χ4n) is 2.61. The lowest BCUT2D eigenvalue weighted by molar-refractivity contribution is 0.169. The SMILES string of the molecule is CC1(C)CCCCC1NCCc1cscn1. The highest BCUT2D eigenvalue weighted by atomic mass is 32.1. The molecule has 90 valence electrons. The molecule has 0 amide bonds. The highest BCUT2D eigenvalue weighted by Gasteiger charge is 2.31. The van der Waals surface area contributed by atoms with Gasteiger partial charge in [-0.1, -0.05) is 26.7 Å². The molecule has 0 bridgehead atoms. The molecule has 1 N–H and O–H groups in total. The van der Waals surface area contributed by atoms with E-state index in [9.17, 15) is 0 Å². The van der Waals surface area contributed by atoms with E-state index >= 15 is 0 Å². The Bertz CT molecular complexity index is 306. The van der Waals surface area contributed by atoms with Crippen LogP contribution >= 0.6 is 11.3 Å². The Kier molecular flexibility index (Phi) is 3.98. The molecule has 1 heterocycles. The van der Waals surface area contributed by atoms with Gasteiger partial charge in [0.2, 0.25) is 0 Å². The van der Waals surface area contributed by atoms with Crippen molar-refractivity contribution in [3.05, 3.63) is 16.6 Å². The molecular formula is C13H22N2S. The normalized spacial score (nSPS) is 24.5. The fraction of sp³-hybridized carbons (Fsp3) is 0.769. The second-order valence-corrected chi connectivity index (χ2v) is 6.19. The highest BCUT2D eigenvalue weighted by Crippen LogP contribution is 2.35. The van der Waals surface area contributed by atoms with E-state index in [0.29, 0.717) is 11.5 Å². The first-order valence-electron chi connectivity index (χ1n) is 6.29. The Morgan fingerprint density at radius 1 is 1.50 bits per heavy atom. The van der Waals surface area contributed by atoms with Crippen LogP contribution in [-0.4, -0.2) is 17.6 Å². The largest absolute Gasteiger partial charge is 0.313 e. The molecule has 0 spiro atoms. The van der Waals surface area contributed by atoms with Crippen molar-refractivity contribution in [3.63, 3.8) is 0 Å². The summed E-state index contributed by atoms with van der Waals surface area (Å²) in [5.41, 5.74) is 3.62. The summed E-state index contributed by atoms with van der Waals surface area (Å²) in [7, 11) is 0. The first-order valence-corrected chi connectivity index (χ1v) is 7.23. The third kappa shape index (κ3) is 3.05. The van der Waals surface area contributed by atoms with Crippen LogP contribution < -0.4 is 5.32 Å². The van der Waals surface area contributed by atoms with Gasteiger partial charge < -0.3 is 5.32 Å². The maximum Gasteiger partial charge on any atom is 0.0794 e. The number of thiazole rings is 1. The predicted octanol–water partition coefficient (Wildman–Crippen LogP) is 3.24. The lowest BCUT2D eigenvalue weighted by Crippen LogP contribution is -2.44.